The van der Waals surface area contributed by atoms with Gasteiger partial charge in [-0.1, -0.05) is 18.2 Å². The molecule has 3 heterocycles. The van der Waals surface area contributed by atoms with Crippen LogP contribution in [0.1, 0.15) is 27.9 Å². The van der Waals surface area contributed by atoms with Crippen molar-refractivity contribution in [1.82, 2.24) is 15.2 Å². The maximum absolute atomic E-state index is 12.8. The topological polar surface area (TPSA) is 65.5 Å². The van der Waals surface area contributed by atoms with E-state index in [1.54, 1.807) is 12.4 Å². The molecule has 1 spiro atoms. The van der Waals surface area contributed by atoms with E-state index in [1.807, 2.05) is 36.4 Å². The molecule has 1 aromatic heterocycles. The molecule has 2 aliphatic heterocycles. The Kier molecular flexibility index (Phi) is 4.27. The zero-order valence-electron chi connectivity index (χ0n) is 14.2. The number of aromatic nitrogens is 1. The summed E-state index contributed by atoms with van der Waals surface area (Å²) in [6.07, 6.45) is 5.31. The second-order valence-electron chi connectivity index (χ2n) is 7.17. The lowest BCUT2D eigenvalue weighted by molar-refractivity contribution is 0.0846. The number of aliphatic hydroxyl groups excluding tert-OH is 1. The van der Waals surface area contributed by atoms with Crippen LogP contribution >= 0.6 is 0 Å². The standard InChI is InChI=1S/C20H23N3O2/c24-13-17-12-23(11-15-6-9-21-10-7-15)14-20(17)8-5-16-3-1-2-4-18(16)19(25)22-20/h1-4,6-7,9-10,17,24H,5,8,11-14H2,(H,22,25)/t17-,20+/m0/s1. The molecule has 0 unspecified atom stereocenters. The lowest BCUT2D eigenvalue weighted by Gasteiger charge is -2.34. The highest BCUT2D eigenvalue weighted by atomic mass is 16.3. The molecule has 1 fully saturated rings. The first kappa shape index (κ1) is 16.2. The number of nitrogens with one attached hydrogen (secondary N) is 1. The third kappa shape index (κ3) is 3.05. The number of carbonyl (C=O) groups excluding carboxylic acids is 1. The van der Waals surface area contributed by atoms with Crippen LogP contribution in [0.25, 0.3) is 0 Å². The summed E-state index contributed by atoms with van der Waals surface area (Å²) in [7, 11) is 0. The Morgan fingerprint density at radius 2 is 2.04 bits per heavy atom. The van der Waals surface area contributed by atoms with Gasteiger partial charge in [-0.15, -0.1) is 0 Å². The highest BCUT2D eigenvalue weighted by Crippen LogP contribution is 2.35. The Morgan fingerprint density at radius 3 is 2.84 bits per heavy atom. The Balaban J connectivity index is 1.57. The number of hydrogen-bond acceptors (Lipinski definition) is 4. The van der Waals surface area contributed by atoms with Crippen LogP contribution in [0, 0.1) is 5.92 Å². The van der Waals surface area contributed by atoms with Crippen molar-refractivity contribution in [2.24, 2.45) is 5.92 Å². The van der Waals surface area contributed by atoms with Crippen molar-refractivity contribution in [3.05, 3.63) is 65.5 Å². The first-order valence-corrected chi connectivity index (χ1v) is 8.83. The van der Waals surface area contributed by atoms with E-state index in [0.29, 0.717) is 0 Å². The highest BCUT2D eigenvalue weighted by Gasteiger charge is 2.48. The van der Waals surface area contributed by atoms with Gasteiger partial charge in [-0.3, -0.25) is 14.7 Å². The van der Waals surface area contributed by atoms with Crippen molar-refractivity contribution in [3.63, 3.8) is 0 Å². The Hall–Kier alpha value is -2.24. The molecule has 2 aliphatic rings. The van der Waals surface area contributed by atoms with Gasteiger partial charge in [0, 0.05) is 50.1 Å². The molecule has 5 heteroatoms. The van der Waals surface area contributed by atoms with Crippen molar-refractivity contribution in [3.8, 4) is 0 Å². The number of amides is 1. The van der Waals surface area contributed by atoms with Gasteiger partial charge in [-0.2, -0.15) is 0 Å². The number of pyridine rings is 1. The van der Waals surface area contributed by atoms with Gasteiger partial charge in [0.1, 0.15) is 0 Å². The van der Waals surface area contributed by atoms with Crippen molar-refractivity contribution < 1.29 is 9.90 Å². The predicted octanol–water partition coefficient (Wildman–Crippen LogP) is 1.62. The van der Waals surface area contributed by atoms with Crippen LogP contribution in [0.15, 0.2) is 48.8 Å². The van der Waals surface area contributed by atoms with Crippen molar-refractivity contribution >= 4 is 5.91 Å². The minimum atomic E-state index is -0.363. The van der Waals surface area contributed by atoms with E-state index in [0.717, 1.165) is 43.6 Å². The number of aliphatic hydroxyl groups is 1. The fourth-order valence-corrected chi connectivity index (χ4v) is 4.28. The molecule has 0 saturated carbocycles. The summed E-state index contributed by atoms with van der Waals surface area (Å²) in [4.78, 5) is 19.2. The van der Waals surface area contributed by atoms with E-state index in [4.69, 9.17) is 0 Å². The molecule has 2 aromatic rings. The Morgan fingerprint density at radius 1 is 1.24 bits per heavy atom. The minimum Gasteiger partial charge on any atom is -0.396 e. The molecule has 2 atom stereocenters. The summed E-state index contributed by atoms with van der Waals surface area (Å²) in [5.41, 5.74) is 2.70. The summed E-state index contributed by atoms with van der Waals surface area (Å²) in [6.45, 7) is 2.45. The predicted molar refractivity (Wildman–Crippen MR) is 95.1 cm³/mol. The summed E-state index contributed by atoms with van der Waals surface area (Å²) in [6, 6.07) is 11.8. The van der Waals surface area contributed by atoms with Crippen molar-refractivity contribution in [2.75, 3.05) is 19.7 Å². The number of aryl methyl sites for hydroxylation is 1. The Bertz CT molecular complexity index is 765. The molecular formula is C20H23N3O2. The molecule has 0 bridgehead atoms. The van der Waals surface area contributed by atoms with Gasteiger partial charge in [0.2, 0.25) is 0 Å². The molecule has 4 rings (SSSR count). The summed E-state index contributed by atoms with van der Waals surface area (Å²) in [5, 5.41) is 13.2. The SMILES string of the molecule is O=C1N[C@]2(CCc3ccccc31)CN(Cc1ccncc1)C[C@H]2CO. The zero-order chi connectivity index (χ0) is 17.3. The van der Waals surface area contributed by atoms with Crippen LogP contribution in [0.2, 0.25) is 0 Å². The molecule has 130 valence electrons. The second-order valence-corrected chi connectivity index (χ2v) is 7.17. The fourth-order valence-electron chi connectivity index (χ4n) is 4.28. The van der Waals surface area contributed by atoms with Gasteiger partial charge in [-0.25, -0.2) is 0 Å². The van der Waals surface area contributed by atoms with Crippen LogP contribution in [0.5, 0.6) is 0 Å². The van der Waals surface area contributed by atoms with E-state index in [2.05, 4.69) is 15.2 Å². The number of nitrogens with zero attached hydrogens (tertiary/aromatic N) is 2. The van der Waals surface area contributed by atoms with Crippen LogP contribution in [0.3, 0.4) is 0 Å². The summed E-state index contributed by atoms with van der Waals surface area (Å²) >= 11 is 0. The largest absolute Gasteiger partial charge is 0.396 e. The van der Waals surface area contributed by atoms with E-state index >= 15 is 0 Å². The molecule has 1 amide bonds. The van der Waals surface area contributed by atoms with Crippen LogP contribution in [-0.2, 0) is 13.0 Å². The third-order valence-electron chi connectivity index (χ3n) is 5.61. The van der Waals surface area contributed by atoms with Gasteiger partial charge in [0.25, 0.3) is 5.91 Å². The van der Waals surface area contributed by atoms with E-state index in [1.165, 1.54) is 5.56 Å². The lowest BCUT2D eigenvalue weighted by atomic mass is 9.83. The Labute approximate surface area is 147 Å². The van der Waals surface area contributed by atoms with Gasteiger partial charge in [0.15, 0.2) is 0 Å². The quantitative estimate of drug-likeness (QED) is 0.893. The van der Waals surface area contributed by atoms with Crippen LogP contribution in [0.4, 0.5) is 0 Å². The molecule has 2 N–H and O–H groups in total. The lowest BCUT2D eigenvalue weighted by Crippen LogP contribution is -2.54. The maximum Gasteiger partial charge on any atom is 0.252 e. The molecule has 0 radical (unpaired) electrons. The van der Waals surface area contributed by atoms with Gasteiger partial charge >= 0.3 is 0 Å². The smallest absolute Gasteiger partial charge is 0.252 e. The van der Waals surface area contributed by atoms with Gasteiger partial charge in [0.05, 0.1) is 5.54 Å². The first-order chi connectivity index (χ1) is 12.2. The molecule has 1 aromatic carbocycles. The molecule has 0 aliphatic carbocycles. The van der Waals surface area contributed by atoms with Crippen LogP contribution < -0.4 is 5.32 Å². The zero-order valence-corrected chi connectivity index (χ0v) is 14.2. The van der Waals surface area contributed by atoms with E-state index in [-0.39, 0.29) is 24.0 Å². The molecular weight excluding hydrogens is 314 g/mol. The molecule has 25 heavy (non-hydrogen) atoms. The minimum absolute atomic E-state index is 0.0164. The fraction of sp³-hybridized carbons (Fsp3) is 0.400. The van der Waals surface area contributed by atoms with Gasteiger partial charge < -0.3 is 10.4 Å². The average Bonchev–Trinajstić information content (AvgIpc) is 2.90. The molecule has 1 saturated heterocycles. The van der Waals surface area contributed by atoms with E-state index in [9.17, 15) is 9.90 Å². The number of benzene rings is 1. The number of carbonyl (C=O) groups is 1. The summed E-state index contributed by atoms with van der Waals surface area (Å²) < 4.78 is 0. The van der Waals surface area contributed by atoms with Crippen molar-refractivity contribution in [2.45, 2.75) is 24.9 Å². The number of likely N-dealkylation sites (tertiary alicyclic amines) is 1. The van der Waals surface area contributed by atoms with Gasteiger partial charge in [-0.05, 0) is 42.2 Å². The number of rotatable bonds is 3. The molecule has 5 nitrogen and oxygen atoms in total. The summed E-state index contributed by atoms with van der Waals surface area (Å²) in [5.74, 6) is 0.0323. The van der Waals surface area contributed by atoms with Crippen LogP contribution in [-0.4, -0.2) is 46.1 Å². The third-order valence-corrected chi connectivity index (χ3v) is 5.61. The second kappa shape index (κ2) is 6.58. The number of hydrogen-bond donors (Lipinski definition) is 2. The first-order valence-electron chi connectivity index (χ1n) is 8.83. The number of fused-ring (bicyclic) bond motifs is 1. The highest BCUT2D eigenvalue weighted by molar-refractivity contribution is 5.96. The normalized spacial score (nSPS) is 26.3. The monoisotopic (exact) mass is 337 g/mol. The van der Waals surface area contributed by atoms with E-state index < -0.39 is 0 Å². The van der Waals surface area contributed by atoms with Crippen molar-refractivity contribution in [1.29, 1.82) is 0 Å². The average molecular weight is 337 g/mol. The maximum atomic E-state index is 12.8.